The van der Waals surface area contributed by atoms with Gasteiger partial charge in [0.05, 0.1) is 6.54 Å². The standard InChI is InChI=1S/C17H19ClN6O2S/c1-4-27-15-20-13(19)12-14(21-15)23(9-10-5-7-11(18)8-6-10)17(26)24(12)16(25)22(2)3/h5-8H,4,9H2,1-3H3,(H2,19,20,21). The number of imidazole rings is 1. The molecule has 2 heterocycles. The molecule has 2 N–H and O–H groups in total. The van der Waals surface area contributed by atoms with Crippen LogP contribution in [0.3, 0.4) is 0 Å². The number of nitrogens with zero attached hydrogens (tertiary/aromatic N) is 5. The first kappa shape index (κ1) is 19.2. The van der Waals surface area contributed by atoms with Crippen molar-refractivity contribution in [2.24, 2.45) is 0 Å². The van der Waals surface area contributed by atoms with Crippen molar-refractivity contribution in [3.8, 4) is 0 Å². The number of rotatable bonds is 4. The summed E-state index contributed by atoms with van der Waals surface area (Å²) >= 11 is 7.35. The number of amides is 1. The number of benzene rings is 1. The van der Waals surface area contributed by atoms with Gasteiger partial charge in [-0.15, -0.1) is 0 Å². The minimum Gasteiger partial charge on any atom is -0.382 e. The number of thioether (sulfide) groups is 1. The second-order valence-electron chi connectivity index (χ2n) is 6.00. The van der Waals surface area contributed by atoms with Crippen LogP contribution in [0.15, 0.2) is 34.2 Å². The first-order valence-electron chi connectivity index (χ1n) is 8.21. The van der Waals surface area contributed by atoms with E-state index in [2.05, 4.69) is 9.97 Å². The van der Waals surface area contributed by atoms with Crippen LogP contribution in [0.5, 0.6) is 0 Å². The van der Waals surface area contributed by atoms with E-state index in [0.29, 0.717) is 15.8 Å². The van der Waals surface area contributed by atoms with Gasteiger partial charge in [0.25, 0.3) is 0 Å². The van der Waals surface area contributed by atoms with Crippen LogP contribution in [0.1, 0.15) is 12.5 Å². The zero-order chi connectivity index (χ0) is 19.7. The van der Waals surface area contributed by atoms with Crippen LogP contribution in [-0.2, 0) is 6.54 Å². The highest BCUT2D eigenvalue weighted by Gasteiger charge is 2.24. The molecule has 0 fully saturated rings. The topological polar surface area (TPSA) is 99.0 Å². The van der Waals surface area contributed by atoms with Crippen LogP contribution in [-0.4, -0.2) is 49.9 Å². The lowest BCUT2D eigenvalue weighted by atomic mass is 10.2. The molecule has 10 heteroatoms. The fraction of sp³-hybridized carbons (Fsp3) is 0.294. The van der Waals surface area contributed by atoms with Crippen LogP contribution < -0.4 is 11.4 Å². The summed E-state index contributed by atoms with van der Waals surface area (Å²) in [7, 11) is 3.13. The number of anilines is 1. The molecule has 0 radical (unpaired) electrons. The number of hydrogen-bond acceptors (Lipinski definition) is 6. The van der Waals surface area contributed by atoms with Crippen molar-refractivity contribution in [2.45, 2.75) is 18.6 Å². The number of halogens is 1. The number of hydrogen-bond donors (Lipinski definition) is 1. The summed E-state index contributed by atoms with van der Waals surface area (Å²) in [4.78, 5) is 35.7. The second kappa shape index (κ2) is 7.61. The number of nitrogens with two attached hydrogens (primary N) is 1. The van der Waals surface area contributed by atoms with Gasteiger partial charge in [-0.3, -0.25) is 4.57 Å². The van der Waals surface area contributed by atoms with Gasteiger partial charge in [0, 0.05) is 19.1 Å². The van der Waals surface area contributed by atoms with Crippen LogP contribution >= 0.6 is 23.4 Å². The predicted molar refractivity (Wildman–Crippen MR) is 108 cm³/mol. The van der Waals surface area contributed by atoms with Crippen molar-refractivity contribution in [2.75, 3.05) is 25.6 Å². The number of nitrogen functional groups attached to an aromatic ring is 1. The normalized spacial score (nSPS) is 11.1. The molecule has 27 heavy (non-hydrogen) atoms. The van der Waals surface area contributed by atoms with Gasteiger partial charge in [-0.25, -0.2) is 24.1 Å². The molecule has 1 amide bonds. The molecule has 2 aromatic heterocycles. The smallest absolute Gasteiger partial charge is 0.339 e. The lowest BCUT2D eigenvalue weighted by Gasteiger charge is -2.10. The van der Waals surface area contributed by atoms with E-state index in [0.717, 1.165) is 15.9 Å². The molecule has 0 aliphatic carbocycles. The number of carbonyl (C=O) groups excluding carboxylic acids is 1. The molecule has 0 spiro atoms. The van der Waals surface area contributed by atoms with E-state index in [4.69, 9.17) is 17.3 Å². The molecule has 3 rings (SSSR count). The van der Waals surface area contributed by atoms with Gasteiger partial charge in [0.2, 0.25) is 0 Å². The Hall–Kier alpha value is -2.52. The maximum atomic E-state index is 13.0. The van der Waals surface area contributed by atoms with Crippen LogP contribution in [0.4, 0.5) is 10.6 Å². The highest BCUT2D eigenvalue weighted by atomic mass is 35.5. The molecule has 142 valence electrons. The predicted octanol–water partition coefficient (Wildman–Crippen LogP) is 2.52. The van der Waals surface area contributed by atoms with Gasteiger partial charge < -0.3 is 10.6 Å². The fourth-order valence-corrected chi connectivity index (χ4v) is 3.33. The zero-order valence-electron chi connectivity index (χ0n) is 15.1. The summed E-state index contributed by atoms with van der Waals surface area (Å²) < 4.78 is 2.44. The van der Waals surface area contributed by atoms with Crippen molar-refractivity contribution >= 4 is 46.4 Å². The molecule has 1 aromatic carbocycles. The molecule has 0 bridgehead atoms. The molecule has 0 saturated carbocycles. The monoisotopic (exact) mass is 406 g/mol. The summed E-state index contributed by atoms with van der Waals surface area (Å²) in [6.45, 7) is 2.20. The molecular weight excluding hydrogens is 388 g/mol. The summed E-state index contributed by atoms with van der Waals surface area (Å²) in [5, 5.41) is 1.06. The van der Waals surface area contributed by atoms with Gasteiger partial charge in [-0.05, 0) is 23.4 Å². The third kappa shape index (κ3) is 3.65. The summed E-state index contributed by atoms with van der Waals surface area (Å²) in [5.74, 6) is 0.849. The highest BCUT2D eigenvalue weighted by molar-refractivity contribution is 7.99. The number of carbonyl (C=O) groups is 1. The zero-order valence-corrected chi connectivity index (χ0v) is 16.7. The molecule has 3 aromatic rings. The first-order valence-corrected chi connectivity index (χ1v) is 9.57. The van der Waals surface area contributed by atoms with Gasteiger partial charge in [0.1, 0.15) is 5.52 Å². The Bertz CT molecular complexity index is 1060. The van der Waals surface area contributed by atoms with E-state index < -0.39 is 11.7 Å². The van der Waals surface area contributed by atoms with Crippen molar-refractivity contribution in [3.63, 3.8) is 0 Å². The van der Waals surface area contributed by atoms with E-state index in [1.807, 2.05) is 19.1 Å². The molecule has 0 saturated heterocycles. The number of fused-ring (bicyclic) bond motifs is 1. The Labute approximate surface area is 164 Å². The van der Waals surface area contributed by atoms with E-state index in [1.54, 1.807) is 26.2 Å². The third-order valence-electron chi connectivity index (χ3n) is 3.87. The molecule has 0 unspecified atom stereocenters. The van der Waals surface area contributed by atoms with Crippen molar-refractivity contribution in [3.05, 3.63) is 45.3 Å². The van der Waals surface area contributed by atoms with Crippen molar-refractivity contribution in [1.82, 2.24) is 24.0 Å². The van der Waals surface area contributed by atoms with Gasteiger partial charge in [0.15, 0.2) is 16.6 Å². The summed E-state index contributed by atoms with van der Waals surface area (Å²) in [6.07, 6.45) is 0. The third-order valence-corrected chi connectivity index (χ3v) is 4.86. The maximum Gasteiger partial charge on any atom is 0.339 e. The Kier molecular flexibility index (Phi) is 5.43. The summed E-state index contributed by atoms with van der Waals surface area (Å²) in [5.41, 5.74) is 6.97. The second-order valence-corrected chi connectivity index (χ2v) is 7.67. The van der Waals surface area contributed by atoms with Crippen LogP contribution in [0, 0.1) is 0 Å². The number of aromatic nitrogens is 4. The maximum absolute atomic E-state index is 13.0. The molecule has 0 aliphatic rings. The van der Waals surface area contributed by atoms with Crippen LogP contribution in [0.2, 0.25) is 5.02 Å². The van der Waals surface area contributed by atoms with E-state index in [1.165, 1.54) is 21.2 Å². The fourth-order valence-electron chi connectivity index (χ4n) is 2.63. The van der Waals surface area contributed by atoms with Gasteiger partial charge in [-0.1, -0.05) is 42.4 Å². The molecule has 8 nitrogen and oxygen atoms in total. The Morgan fingerprint density at radius 1 is 1.26 bits per heavy atom. The Morgan fingerprint density at radius 2 is 1.93 bits per heavy atom. The average Bonchev–Trinajstić information content (AvgIpc) is 2.89. The highest BCUT2D eigenvalue weighted by Crippen LogP contribution is 2.23. The quantitative estimate of drug-likeness (QED) is 0.528. The van der Waals surface area contributed by atoms with E-state index in [-0.39, 0.29) is 17.9 Å². The first-order chi connectivity index (χ1) is 12.8. The largest absolute Gasteiger partial charge is 0.382 e. The van der Waals surface area contributed by atoms with Crippen molar-refractivity contribution in [1.29, 1.82) is 0 Å². The minimum atomic E-state index is -0.515. The van der Waals surface area contributed by atoms with Crippen LogP contribution in [0.25, 0.3) is 11.2 Å². The minimum absolute atomic E-state index is 0.0955. The van der Waals surface area contributed by atoms with Gasteiger partial charge in [-0.2, -0.15) is 0 Å². The lowest BCUT2D eigenvalue weighted by Crippen LogP contribution is -2.36. The Balaban J connectivity index is 2.27. The summed E-state index contributed by atoms with van der Waals surface area (Å²) in [6, 6.07) is 6.61. The average molecular weight is 407 g/mol. The SMILES string of the molecule is CCSc1nc(N)c2c(n1)n(Cc1ccc(Cl)cc1)c(=O)n2C(=O)N(C)C. The molecular formula is C17H19ClN6O2S. The van der Waals surface area contributed by atoms with E-state index in [9.17, 15) is 9.59 Å². The lowest BCUT2D eigenvalue weighted by molar-refractivity contribution is 0.219. The van der Waals surface area contributed by atoms with E-state index >= 15 is 0 Å². The molecule has 0 aliphatic heterocycles. The van der Waals surface area contributed by atoms with Gasteiger partial charge >= 0.3 is 11.7 Å². The molecule has 0 atom stereocenters. The van der Waals surface area contributed by atoms with Crippen molar-refractivity contribution < 1.29 is 4.79 Å². The Morgan fingerprint density at radius 3 is 2.52 bits per heavy atom.